The summed E-state index contributed by atoms with van der Waals surface area (Å²) < 4.78 is 16.5. The van der Waals surface area contributed by atoms with Crippen LogP contribution in [0.4, 0.5) is 0 Å². The maximum absolute atomic E-state index is 13.3. The molecule has 0 bridgehead atoms. The van der Waals surface area contributed by atoms with Crippen molar-refractivity contribution in [3.8, 4) is 5.75 Å². The van der Waals surface area contributed by atoms with Crippen LogP contribution in [0.3, 0.4) is 0 Å². The van der Waals surface area contributed by atoms with Crippen LogP contribution in [-0.4, -0.2) is 66.9 Å². The van der Waals surface area contributed by atoms with E-state index < -0.39 is 54.0 Å². The Kier molecular flexibility index (Phi) is 13.4. The molecule has 0 saturated carbocycles. The van der Waals surface area contributed by atoms with Crippen molar-refractivity contribution in [2.75, 3.05) is 13.7 Å². The van der Waals surface area contributed by atoms with E-state index in [0.29, 0.717) is 18.6 Å². The number of rotatable bonds is 9. The van der Waals surface area contributed by atoms with E-state index in [0.717, 1.165) is 11.1 Å². The molecule has 0 saturated heterocycles. The lowest BCUT2D eigenvalue weighted by atomic mass is 10.0. The van der Waals surface area contributed by atoms with Gasteiger partial charge in [0.1, 0.15) is 17.9 Å². The summed E-state index contributed by atoms with van der Waals surface area (Å²) in [6.07, 6.45) is 0.832. The number of nitrogens with one attached hydrogen (secondary N) is 2. The number of aliphatic hydroxyl groups excluding tert-OH is 1. The molecule has 5 atom stereocenters. The van der Waals surface area contributed by atoms with E-state index in [1.54, 1.807) is 38.3 Å². The molecule has 1 heterocycles. The second-order valence-corrected chi connectivity index (χ2v) is 11.5. The number of amides is 2. The first kappa shape index (κ1) is 34.3. The zero-order valence-corrected chi connectivity index (χ0v) is 25.9. The minimum atomic E-state index is -1.19. The summed E-state index contributed by atoms with van der Waals surface area (Å²) in [6, 6.07) is 15.8. The lowest BCUT2D eigenvalue weighted by molar-refractivity contribution is -0.178. The van der Waals surface area contributed by atoms with Crippen LogP contribution in [0.15, 0.2) is 66.7 Å². The van der Waals surface area contributed by atoms with E-state index in [2.05, 4.69) is 10.6 Å². The Hall–Kier alpha value is -4.18. The molecule has 2 aromatic carbocycles. The first-order valence-corrected chi connectivity index (χ1v) is 15.1. The number of ether oxygens (including phenoxy) is 3. The van der Waals surface area contributed by atoms with Gasteiger partial charge in [0.05, 0.1) is 19.1 Å². The number of methoxy groups -OCH3 is 1. The predicted octanol–water partition coefficient (Wildman–Crippen LogP) is 3.30. The molecule has 10 heteroatoms. The van der Waals surface area contributed by atoms with Gasteiger partial charge in [-0.1, -0.05) is 69.3 Å². The summed E-state index contributed by atoms with van der Waals surface area (Å²) >= 11 is 0. The molecule has 0 radical (unpaired) electrons. The van der Waals surface area contributed by atoms with E-state index in [9.17, 15) is 24.3 Å². The number of aliphatic hydroxyl groups is 1. The molecular formula is C34H44N2O8. The van der Waals surface area contributed by atoms with Gasteiger partial charge in [-0.25, -0.2) is 4.79 Å². The van der Waals surface area contributed by atoms with Gasteiger partial charge in [0, 0.05) is 19.4 Å². The maximum atomic E-state index is 13.3. The van der Waals surface area contributed by atoms with Gasteiger partial charge in [0.15, 0.2) is 6.10 Å². The fourth-order valence-electron chi connectivity index (χ4n) is 4.73. The normalized spacial score (nSPS) is 23.6. The van der Waals surface area contributed by atoms with Gasteiger partial charge in [0.25, 0.3) is 0 Å². The summed E-state index contributed by atoms with van der Waals surface area (Å²) in [6.45, 7) is 5.30. The van der Waals surface area contributed by atoms with Crippen molar-refractivity contribution in [3.63, 3.8) is 0 Å². The van der Waals surface area contributed by atoms with Crippen LogP contribution in [0.5, 0.6) is 5.75 Å². The van der Waals surface area contributed by atoms with E-state index in [-0.39, 0.29) is 31.7 Å². The Bertz CT molecular complexity index is 1260. The zero-order chi connectivity index (χ0) is 32.1. The third-order valence-electron chi connectivity index (χ3n) is 7.33. The van der Waals surface area contributed by atoms with Gasteiger partial charge in [-0.3, -0.25) is 14.4 Å². The summed E-state index contributed by atoms with van der Waals surface area (Å²) in [5, 5.41) is 16.5. The molecule has 10 nitrogen and oxygen atoms in total. The van der Waals surface area contributed by atoms with Crippen molar-refractivity contribution in [2.24, 2.45) is 11.8 Å². The van der Waals surface area contributed by atoms with E-state index in [1.807, 2.05) is 44.2 Å². The maximum Gasteiger partial charge on any atom is 0.347 e. The van der Waals surface area contributed by atoms with Crippen molar-refractivity contribution in [1.82, 2.24) is 10.6 Å². The Morgan fingerprint density at radius 1 is 0.955 bits per heavy atom. The van der Waals surface area contributed by atoms with Crippen LogP contribution in [0.25, 0.3) is 0 Å². The van der Waals surface area contributed by atoms with Crippen LogP contribution < -0.4 is 15.4 Å². The predicted molar refractivity (Wildman–Crippen MR) is 165 cm³/mol. The molecular weight excluding hydrogens is 564 g/mol. The third kappa shape index (κ3) is 11.1. The summed E-state index contributed by atoms with van der Waals surface area (Å²) in [7, 11) is 1.56. The van der Waals surface area contributed by atoms with Crippen molar-refractivity contribution in [2.45, 2.75) is 77.2 Å². The first-order chi connectivity index (χ1) is 21.0. The second-order valence-electron chi connectivity index (χ2n) is 11.5. The molecule has 238 valence electrons. The highest BCUT2D eigenvalue weighted by atomic mass is 16.6. The van der Waals surface area contributed by atoms with E-state index in [1.165, 1.54) is 12.2 Å². The molecule has 0 fully saturated rings. The number of benzene rings is 2. The van der Waals surface area contributed by atoms with Crippen molar-refractivity contribution >= 4 is 23.8 Å². The fourth-order valence-corrected chi connectivity index (χ4v) is 4.73. The lowest BCUT2D eigenvalue weighted by Gasteiger charge is -2.26. The summed E-state index contributed by atoms with van der Waals surface area (Å²) in [5.74, 6) is -2.55. The van der Waals surface area contributed by atoms with Gasteiger partial charge in [0.2, 0.25) is 11.8 Å². The minimum absolute atomic E-state index is 0.00436. The molecule has 0 aliphatic carbocycles. The molecule has 1 aliphatic rings. The zero-order valence-electron chi connectivity index (χ0n) is 25.9. The number of esters is 2. The van der Waals surface area contributed by atoms with Crippen LogP contribution in [-0.2, 0) is 41.5 Å². The van der Waals surface area contributed by atoms with Crippen LogP contribution >= 0.6 is 0 Å². The second kappa shape index (κ2) is 17.2. The highest BCUT2D eigenvalue weighted by Crippen LogP contribution is 2.19. The lowest BCUT2D eigenvalue weighted by Crippen LogP contribution is -2.49. The van der Waals surface area contributed by atoms with Gasteiger partial charge in [-0.05, 0) is 54.5 Å². The number of carbonyl (C=O) groups is 4. The van der Waals surface area contributed by atoms with Crippen LogP contribution in [0, 0.1) is 11.8 Å². The number of hydrogen-bond donors (Lipinski definition) is 3. The molecule has 1 unspecified atom stereocenters. The van der Waals surface area contributed by atoms with Gasteiger partial charge >= 0.3 is 11.9 Å². The van der Waals surface area contributed by atoms with Gasteiger partial charge < -0.3 is 30.0 Å². The minimum Gasteiger partial charge on any atom is -0.497 e. The van der Waals surface area contributed by atoms with E-state index >= 15 is 0 Å². The monoisotopic (exact) mass is 608 g/mol. The first-order valence-electron chi connectivity index (χ1n) is 15.1. The van der Waals surface area contributed by atoms with Crippen LogP contribution in [0.1, 0.15) is 51.2 Å². The van der Waals surface area contributed by atoms with Crippen molar-refractivity contribution < 1.29 is 38.5 Å². The number of hydrogen-bond acceptors (Lipinski definition) is 8. The quantitative estimate of drug-likeness (QED) is 0.369. The van der Waals surface area contributed by atoms with Gasteiger partial charge in [-0.15, -0.1) is 0 Å². The highest BCUT2D eigenvalue weighted by Gasteiger charge is 2.32. The fraction of sp³-hybridized carbons (Fsp3) is 0.471. The average Bonchev–Trinajstić information content (AvgIpc) is 3.01. The van der Waals surface area contributed by atoms with Crippen molar-refractivity contribution in [3.05, 3.63) is 77.9 Å². The largest absolute Gasteiger partial charge is 0.497 e. The average molecular weight is 609 g/mol. The summed E-state index contributed by atoms with van der Waals surface area (Å²) in [5.41, 5.74) is 1.81. The molecule has 3 N–H and O–H groups in total. The Labute approximate surface area is 259 Å². The van der Waals surface area contributed by atoms with Crippen LogP contribution in [0.2, 0.25) is 0 Å². The Morgan fingerprint density at radius 2 is 1.66 bits per heavy atom. The smallest absolute Gasteiger partial charge is 0.347 e. The standard InChI is InChI=1S/C34H44N2O8/c1-22(2)19-30-34(41)43-29(28(37)18-15-24-9-6-5-7-10-24)11-8-12-31(38)36-27(20-25-13-16-26(42-4)17-14-25)32(39)35-21-23(3)33(40)44-30/h5-10,12-14,16-17,22-23,27-30,37H,11,15,18-21H2,1-4H3,(H,35,39)(H,36,38)/b12-8+/t23-,27-,28?,29+,30+/m1/s1. The van der Waals surface area contributed by atoms with Gasteiger partial charge in [-0.2, -0.15) is 0 Å². The number of carbonyl (C=O) groups excluding carboxylic acids is 4. The summed E-state index contributed by atoms with van der Waals surface area (Å²) in [4.78, 5) is 52.4. The highest BCUT2D eigenvalue weighted by molar-refractivity contribution is 5.93. The molecule has 3 rings (SSSR count). The Balaban J connectivity index is 1.84. The topological polar surface area (TPSA) is 140 Å². The van der Waals surface area contributed by atoms with E-state index in [4.69, 9.17) is 14.2 Å². The Morgan fingerprint density at radius 3 is 2.32 bits per heavy atom. The molecule has 0 spiro atoms. The molecule has 0 aromatic heterocycles. The molecule has 44 heavy (non-hydrogen) atoms. The van der Waals surface area contributed by atoms with Crippen molar-refractivity contribution in [1.29, 1.82) is 0 Å². The SMILES string of the molecule is COc1ccc(C[C@H]2NC(=O)/C=C/C[C@@H](C(O)CCc3ccccc3)OC(=O)[C@H](CC(C)C)OC(=O)[C@H](C)CNC2=O)cc1. The molecule has 1 aliphatic heterocycles. The molecule has 2 amide bonds. The number of aryl methyl sites for hydroxylation is 1. The third-order valence-corrected chi connectivity index (χ3v) is 7.33. The molecule has 2 aromatic rings. The number of cyclic esters (lactones) is 2.